The summed E-state index contributed by atoms with van der Waals surface area (Å²) in [6, 6.07) is 6.60. The summed E-state index contributed by atoms with van der Waals surface area (Å²) < 4.78 is 20.3. The largest absolute Gasteiger partial charge is 0.455 e. The molecular weight excluding hydrogens is 293 g/mol. The molecule has 1 aromatic heterocycles. The molecule has 2 aromatic rings. The minimum Gasteiger partial charge on any atom is -0.455 e. The Balaban J connectivity index is 2.01. The van der Waals surface area contributed by atoms with E-state index in [-0.39, 0.29) is 11.3 Å². The van der Waals surface area contributed by atoms with Gasteiger partial charge in [0.15, 0.2) is 0 Å². The second-order valence-corrected chi connectivity index (χ2v) is 6.53. The molecule has 0 spiro atoms. The Bertz CT molecular complexity index is 768. The smallest absolute Gasteiger partial charge is 0.146 e. The van der Waals surface area contributed by atoms with Gasteiger partial charge in [-0.2, -0.15) is 0 Å². The highest BCUT2D eigenvalue weighted by Gasteiger charge is 2.33. The fourth-order valence-corrected chi connectivity index (χ4v) is 2.96. The summed E-state index contributed by atoms with van der Waals surface area (Å²) in [6.07, 6.45) is 4.76. The van der Waals surface area contributed by atoms with E-state index in [1.807, 2.05) is 6.07 Å². The van der Waals surface area contributed by atoms with Crippen LogP contribution in [0.2, 0.25) is 0 Å². The van der Waals surface area contributed by atoms with E-state index >= 15 is 0 Å². The van der Waals surface area contributed by atoms with Crippen molar-refractivity contribution in [3.63, 3.8) is 0 Å². The molecule has 0 saturated carbocycles. The molecule has 3 rings (SSSR count). The lowest BCUT2D eigenvalue weighted by atomic mass is 9.80. The van der Waals surface area contributed by atoms with Gasteiger partial charge in [0, 0.05) is 11.3 Å². The summed E-state index contributed by atoms with van der Waals surface area (Å²) in [4.78, 5) is 16.4. The number of carbonyl (C=O) groups excluding carboxylic acids is 1. The fraction of sp³-hybridized carbons (Fsp3) is 0.368. The van der Waals surface area contributed by atoms with Crippen LogP contribution < -0.4 is 4.74 Å². The van der Waals surface area contributed by atoms with Gasteiger partial charge in [-0.05, 0) is 63.8 Å². The molecule has 3 nitrogen and oxygen atoms in total. The molecular formula is C19H20FNO2. The average Bonchev–Trinajstić information content (AvgIpc) is 2.94. The molecule has 0 amide bonds. The van der Waals surface area contributed by atoms with Gasteiger partial charge < -0.3 is 4.74 Å². The molecule has 1 aliphatic carbocycles. The van der Waals surface area contributed by atoms with E-state index in [1.54, 1.807) is 32.2 Å². The number of benzene rings is 1. The number of carbonyl (C=O) groups is 1. The number of Topliss-reactive ketones (excluding diaryl/α,β-unsaturated/α-hetero) is 1. The number of hydrogen-bond acceptors (Lipinski definition) is 3. The number of aromatic nitrogens is 1. The van der Waals surface area contributed by atoms with Gasteiger partial charge in [-0.3, -0.25) is 9.78 Å². The van der Waals surface area contributed by atoms with Crippen molar-refractivity contribution in [1.82, 2.24) is 4.98 Å². The number of rotatable bonds is 4. The number of pyridine rings is 1. The van der Waals surface area contributed by atoms with Crippen LogP contribution in [0, 0.1) is 5.82 Å². The minimum atomic E-state index is -0.954. The predicted molar refractivity (Wildman–Crippen MR) is 86.4 cm³/mol. The van der Waals surface area contributed by atoms with Gasteiger partial charge in [-0.25, -0.2) is 4.39 Å². The third-order valence-corrected chi connectivity index (χ3v) is 4.60. The van der Waals surface area contributed by atoms with Crippen molar-refractivity contribution in [1.29, 1.82) is 0 Å². The van der Waals surface area contributed by atoms with Gasteiger partial charge >= 0.3 is 0 Å². The van der Waals surface area contributed by atoms with E-state index in [0.717, 1.165) is 25.0 Å². The SMILES string of the molecule is CC(=O)C(C)(C)c1c(F)cccc1Oc1cnc2c(c1)CCC2. The lowest BCUT2D eigenvalue weighted by molar-refractivity contribution is -0.121. The fourth-order valence-electron chi connectivity index (χ4n) is 2.96. The third kappa shape index (κ3) is 2.85. The average molecular weight is 313 g/mol. The Morgan fingerprint density at radius 1 is 1.30 bits per heavy atom. The number of nitrogens with zero attached hydrogens (tertiary/aromatic N) is 1. The normalized spacial score (nSPS) is 13.7. The Kier molecular flexibility index (Phi) is 3.92. The zero-order chi connectivity index (χ0) is 16.6. The Labute approximate surface area is 135 Å². The highest BCUT2D eigenvalue weighted by molar-refractivity contribution is 5.88. The van der Waals surface area contributed by atoms with Crippen LogP contribution in [0.25, 0.3) is 0 Å². The molecule has 0 saturated heterocycles. The van der Waals surface area contributed by atoms with E-state index in [4.69, 9.17) is 4.74 Å². The molecule has 1 heterocycles. The van der Waals surface area contributed by atoms with Crippen LogP contribution in [-0.4, -0.2) is 10.8 Å². The molecule has 0 bridgehead atoms. The van der Waals surface area contributed by atoms with Crippen molar-refractivity contribution in [3.05, 3.63) is 53.1 Å². The first-order valence-electron chi connectivity index (χ1n) is 7.85. The van der Waals surface area contributed by atoms with Gasteiger partial charge in [-0.1, -0.05) is 6.07 Å². The highest BCUT2D eigenvalue weighted by atomic mass is 19.1. The van der Waals surface area contributed by atoms with Crippen molar-refractivity contribution in [2.75, 3.05) is 0 Å². The van der Waals surface area contributed by atoms with Crippen molar-refractivity contribution in [2.24, 2.45) is 0 Å². The van der Waals surface area contributed by atoms with Crippen molar-refractivity contribution < 1.29 is 13.9 Å². The summed E-state index contributed by atoms with van der Waals surface area (Å²) >= 11 is 0. The third-order valence-electron chi connectivity index (χ3n) is 4.60. The van der Waals surface area contributed by atoms with Crippen LogP contribution in [-0.2, 0) is 23.1 Å². The first-order chi connectivity index (χ1) is 10.9. The molecule has 0 atom stereocenters. The van der Waals surface area contributed by atoms with Gasteiger partial charge in [-0.15, -0.1) is 0 Å². The van der Waals surface area contributed by atoms with Crippen LogP contribution in [0.4, 0.5) is 4.39 Å². The summed E-state index contributed by atoms with van der Waals surface area (Å²) in [5.74, 6) is 0.401. The zero-order valence-corrected chi connectivity index (χ0v) is 13.6. The zero-order valence-electron chi connectivity index (χ0n) is 13.6. The van der Waals surface area contributed by atoms with E-state index in [0.29, 0.717) is 11.5 Å². The molecule has 0 N–H and O–H groups in total. The Morgan fingerprint density at radius 2 is 2.09 bits per heavy atom. The van der Waals surface area contributed by atoms with Crippen LogP contribution in [0.1, 0.15) is 44.0 Å². The monoisotopic (exact) mass is 313 g/mol. The maximum atomic E-state index is 14.4. The van der Waals surface area contributed by atoms with Gasteiger partial charge in [0.25, 0.3) is 0 Å². The summed E-state index contributed by atoms with van der Waals surface area (Å²) in [6.45, 7) is 4.89. The van der Waals surface area contributed by atoms with E-state index < -0.39 is 11.2 Å². The number of halogens is 1. The number of aryl methyl sites for hydroxylation is 2. The maximum absolute atomic E-state index is 14.4. The first kappa shape index (κ1) is 15.7. The lowest BCUT2D eigenvalue weighted by Gasteiger charge is -2.25. The molecule has 23 heavy (non-hydrogen) atoms. The Morgan fingerprint density at radius 3 is 2.83 bits per heavy atom. The summed E-state index contributed by atoms with van der Waals surface area (Å²) in [5.41, 5.74) is 1.63. The standard InChI is InChI=1S/C19H20FNO2/c1-12(22)19(2,3)18-15(20)7-5-9-17(18)23-14-10-13-6-4-8-16(13)21-11-14/h5,7,9-11H,4,6,8H2,1-3H3. The molecule has 1 aliphatic rings. The van der Waals surface area contributed by atoms with Gasteiger partial charge in [0.2, 0.25) is 0 Å². The van der Waals surface area contributed by atoms with Crippen molar-refractivity contribution in [3.8, 4) is 11.5 Å². The molecule has 120 valence electrons. The number of hydrogen-bond donors (Lipinski definition) is 0. The molecule has 0 unspecified atom stereocenters. The minimum absolute atomic E-state index is 0.112. The predicted octanol–water partition coefficient (Wildman–Crippen LogP) is 4.37. The number of ketones is 1. The topological polar surface area (TPSA) is 39.2 Å². The van der Waals surface area contributed by atoms with Gasteiger partial charge in [0.1, 0.15) is 23.1 Å². The van der Waals surface area contributed by atoms with E-state index in [1.165, 1.54) is 18.6 Å². The first-order valence-corrected chi connectivity index (χ1v) is 7.85. The summed E-state index contributed by atoms with van der Waals surface area (Å²) in [5, 5.41) is 0. The van der Waals surface area contributed by atoms with Crippen LogP contribution in [0.5, 0.6) is 11.5 Å². The molecule has 4 heteroatoms. The van der Waals surface area contributed by atoms with E-state index in [2.05, 4.69) is 4.98 Å². The van der Waals surface area contributed by atoms with Crippen LogP contribution in [0.15, 0.2) is 30.5 Å². The molecule has 0 aliphatic heterocycles. The van der Waals surface area contributed by atoms with Crippen molar-refractivity contribution >= 4 is 5.78 Å². The molecule has 0 fully saturated rings. The quantitative estimate of drug-likeness (QED) is 0.841. The van der Waals surface area contributed by atoms with E-state index in [9.17, 15) is 9.18 Å². The Hall–Kier alpha value is -2.23. The second kappa shape index (κ2) is 5.76. The van der Waals surface area contributed by atoms with Crippen molar-refractivity contribution in [2.45, 2.75) is 45.4 Å². The second-order valence-electron chi connectivity index (χ2n) is 6.53. The lowest BCUT2D eigenvalue weighted by Crippen LogP contribution is -2.28. The highest BCUT2D eigenvalue weighted by Crippen LogP contribution is 2.37. The van der Waals surface area contributed by atoms with Gasteiger partial charge in [0.05, 0.1) is 11.6 Å². The number of fused-ring (bicyclic) bond motifs is 1. The van der Waals surface area contributed by atoms with Crippen LogP contribution in [0.3, 0.4) is 0 Å². The maximum Gasteiger partial charge on any atom is 0.146 e. The number of ether oxygens (including phenoxy) is 1. The van der Waals surface area contributed by atoms with Crippen LogP contribution >= 0.6 is 0 Å². The molecule has 0 radical (unpaired) electrons. The summed E-state index contributed by atoms with van der Waals surface area (Å²) in [7, 11) is 0. The molecule has 1 aromatic carbocycles.